The van der Waals surface area contributed by atoms with Crippen LogP contribution in [0.25, 0.3) is 0 Å². The molecule has 3 aliphatic heterocycles. The molecule has 1 saturated carbocycles. The van der Waals surface area contributed by atoms with Gasteiger partial charge in [0.15, 0.2) is 0 Å². The molecule has 4 aliphatic rings. The number of rotatable bonds is 3. The van der Waals surface area contributed by atoms with Crippen LogP contribution in [0.15, 0.2) is 38.0 Å². The van der Waals surface area contributed by atoms with Gasteiger partial charge in [0.1, 0.15) is 35.1 Å². The summed E-state index contributed by atoms with van der Waals surface area (Å²) in [6.45, 7) is 11.5. The molecule has 15 heavy (non-hydrogen) atoms. The Morgan fingerprint density at radius 2 is 0.933 bits per heavy atom. The van der Waals surface area contributed by atoms with Crippen LogP contribution in [0.4, 0.5) is 0 Å². The van der Waals surface area contributed by atoms with Crippen LogP contribution >= 0.6 is 0 Å². The van der Waals surface area contributed by atoms with E-state index in [1.54, 1.807) is 0 Å². The van der Waals surface area contributed by atoms with Gasteiger partial charge in [-0.2, -0.15) is 0 Å². The van der Waals surface area contributed by atoms with Gasteiger partial charge >= 0.3 is 0 Å². The highest BCUT2D eigenvalue weighted by atomic mass is 16.8. The Labute approximate surface area is 88.0 Å². The van der Waals surface area contributed by atoms with Crippen LogP contribution in [0.1, 0.15) is 0 Å². The van der Waals surface area contributed by atoms with Gasteiger partial charge in [-0.25, -0.2) is 0 Å². The zero-order chi connectivity index (χ0) is 10.5. The highest BCUT2D eigenvalue weighted by molar-refractivity contribution is 5.50. The van der Waals surface area contributed by atoms with E-state index in [1.807, 2.05) is 18.2 Å². The van der Waals surface area contributed by atoms with E-state index in [0.29, 0.717) is 0 Å². The van der Waals surface area contributed by atoms with E-state index in [2.05, 4.69) is 19.7 Å². The molecule has 4 fully saturated rings. The minimum absolute atomic E-state index is 0.0329. The van der Waals surface area contributed by atoms with E-state index >= 15 is 0 Å². The number of hydrogen-bond donors (Lipinski definition) is 0. The zero-order valence-corrected chi connectivity index (χ0v) is 8.31. The monoisotopic (exact) mass is 204 g/mol. The lowest BCUT2D eigenvalue weighted by Crippen LogP contribution is -2.43. The number of hydrogen-bond acceptors (Lipinski definition) is 3. The van der Waals surface area contributed by atoms with Crippen molar-refractivity contribution >= 4 is 0 Å². The average molecular weight is 204 g/mol. The van der Waals surface area contributed by atoms with Gasteiger partial charge in [0.05, 0.1) is 0 Å². The Hall–Kier alpha value is -0.900. The number of fused-ring (bicyclic) bond motifs is 6. The Kier molecular flexibility index (Phi) is 1.03. The summed E-state index contributed by atoms with van der Waals surface area (Å²) in [6.07, 6.45) is 5.59. The summed E-state index contributed by atoms with van der Waals surface area (Å²) in [5.74, 6) is 0. The lowest BCUT2D eigenvalue weighted by Gasteiger charge is -2.15. The third-order valence-electron chi connectivity index (χ3n) is 4.21. The molecule has 0 aromatic carbocycles. The van der Waals surface area contributed by atoms with E-state index in [1.165, 1.54) is 0 Å². The maximum atomic E-state index is 5.76. The fourth-order valence-electron chi connectivity index (χ4n) is 3.23. The maximum Gasteiger partial charge on any atom is 0.145 e. The highest BCUT2D eigenvalue weighted by Gasteiger charge is 2.94. The summed E-state index contributed by atoms with van der Waals surface area (Å²) in [4.78, 5) is 0. The molecular formula is C12H12O3. The maximum absolute atomic E-state index is 5.76. The Morgan fingerprint density at radius 3 is 1.13 bits per heavy atom. The first-order valence-electron chi connectivity index (χ1n) is 5.14. The van der Waals surface area contributed by atoms with Crippen molar-refractivity contribution in [1.29, 1.82) is 0 Å². The molecule has 0 aromatic rings. The molecule has 1 aliphatic carbocycles. The quantitative estimate of drug-likeness (QED) is 0.508. The van der Waals surface area contributed by atoms with E-state index in [0.717, 1.165) is 0 Å². The van der Waals surface area contributed by atoms with E-state index in [4.69, 9.17) is 14.2 Å². The lowest BCUT2D eigenvalue weighted by molar-refractivity contribution is 0.250. The predicted octanol–water partition coefficient (Wildman–Crippen LogP) is 0.971. The van der Waals surface area contributed by atoms with Crippen LogP contribution in [0.3, 0.4) is 0 Å². The molecule has 4 rings (SSSR count). The molecule has 3 heteroatoms. The molecule has 0 aromatic heterocycles. The van der Waals surface area contributed by atoms with Crippen molar-refractivity contribution in [2.45, 2.75) is 35.1 Å². The first-order valence-corrected chi connectivity index (χ1v) is 5.14. The van der Waals surface area contributed by atoms with Gasteiger partial charge in [0.25, 0.3) is 0 Å². The van der Waals surface area contributed by atoms with Crippen molar-refractivity contribution in [2.24, 2.45) is 0 Å². The van der Waals surface area contributed by atoms with Crippen LogP contribution in [0.2, 0.25) is 0 Å². The fraction of sp³-hybridized carbons (Fsp3) is 0.500. The van der Waals surface area contributed by atoms with Crippen molar-refractivity contribution in [1.82, 2.24) is 0 Å². The Balaban J connectivity index is 1.86. The van der Waals surface area contributed by atoms with E-state index < -0.39 is 0 Å². The number of ether oxygens (including phenoxy) is 3. The summed E-state index contributed by atoms with van der Waals surface area (Å²) in [5.41, 5.74) is -1.10. The predicted molar refractivity (Wildman–Crippen MR) is 53.4 cm³/mol. The molecule has 0 bridgehead atoms. The second-order valence-corrected chi connectivity index (χ2v) is 4.67. The van der Waals surface area contributed by atoms with Gasteiger partial charge in [-0.15, -0.1) is 19.7 Å². The van der Waals surface area contributed by atoms with Crippen LogP contribution in [0.5, 0.6) is 0 Å². The summed E-state index contributed by atoms with van der Waals surface area (Å²) < 4.78 is 17.3. The lowest BCUT2D eigenvalue weighted by atomic mass is 9.75. The van der Waals surface area contributed by atoms with Gasteiger partial charge in [0, 0.05) is 0 Å². The third-order valence-corrected chi connectivity index (χ3v) is 4.21. The molecule has 78 valence electrons. The van der Waals surface area contributed by atoms with Crippen molar-refractivity contribution in [3.8, 4) is 0 Å². The minimum Gasteiger partial charge on any atom is -0.355 e. The van der Waals surface area contributed by atoms with Crippen molar-refractivity contribution < 1.29 is 14.2 Å². The molecule has 0 N–H and O–H groups in total. The second kappa shape index (κ2) is 1.86. The molecule has 3 heterocycles. The molecule has 0 radical (unpaired) electrons. The van der Waals surface area contributed by atoms with Crippen molar-refractivity contribution in [3.63, 3.8) is 0 Å². The largest absolute Gasteiger partial charge is 0.355 e. The molecule has 0 amide bonds. The van der Waals surface area contributed by atoms with Gasteiger partial charge in [-0.3, -0.25) is 0 Å². The van der Waals surface area contributed by atoms with Crippen LogP contribution in [-0.2, 0) is 14.2 Å². The topological polar surface area (TPSA) is 37.6 Å². The molecule has 3 nitrogen and oxygen atoms in total. The standard InChI is InChI=1S/C12H12O3/c1-4-10-7(13-10)11(5-2)9(15-11)12(6-3)8(10)14-12/h4-9H,1-3H2. The van der Waals surface area contributed by atoms with E-state index in [-0.39, 0.29) is 35.1 Å². The van der Waals surface area contributed by atoms with Crippen molar-refractivity contribution in [3.05, 3.63) is 38.0 Å². The third kappa shape index (κ3) is 0.572. The van der Waals surface area contributed by atoms with Crippen LogP contribution in [0, 0.1) is 0 Å². The SMILES string of the molecule is C=CC12OC1C1(C=C)OC1C1(C=C)OC21. The highest BCUT2D eigenvalue weighted by Crippen LogP contribution is 2.74. The molecule has 0 spiro atoms. The summed E-state index contributed by atoms with van der Waals surface area (Å²) in [6, 6.07) is 0. The van der Waals surface area contributed by atoms with Crippen molar-refractivity contribution in [2.75, 3.05) is 0 Å². The first kappa shape index (κ1) is 8.28. The normalized spacial score (nSPS) is 66.8. The molecule has 0 atom stereocenters. The van der Waals surface area contributed by atoms with Crippen LogP contribution in [-0.4, -0.2) is 35.1 Å². The number of epoxide rings is 3. The van der Waals surface area contributed by atoms with E-state index in [9.17, 15) is 0 Å². The van der Waals surface area contributed by atoms with Gasteiger partial charge < -0.3 is 14.2 Å². The first-order chi connectivity index (χ1) is 7.20. The molecule has 3 saturated heterocycles. The summed E-state index contributed by atoms with van der Waals surface area (Å²) in [7, 11) is 0. The van der Waals surface area contributed by atoms with Gasteiger partial charge in [-0.1, -0.05) is 18.2 Å². The zero-order valence-electron chi connectivity index (χ0n) is 8.31. The summed E-state index contributed by atoms with van der Waals surface area (Å²) >= 11 is 0. The second-order valence-electron chi connectivity index (χ2n) is 4.67. The summed E-state index contributed by atoms with van der Waals surface area (Å²) in [5, 5.41) is 0. The van der Waals surface area contributed by atoms with Gasteiger partial charge in [-0.05, 0) is 0 Å². The molecular weight excluding hydrogens is 192 g/mol. The Bertz CT molecular complexity index is 337. The smallest absolute Gasteiger partial charge is 0.145 e. The molecule has 0 unspecified atom stereocenters. The fourth-order valence-corrected chi connectivity index (χ4v) is 3.23. The van der Waals surface area contributed by atoms with Crippen LogP contribution < -0.4 is 0 Å². The van der Waals surface area contributed by atoms with Gasteiger partial charge in [0.2, 0.25) is 0 Å². The minimum atomic E-state index is -0.366. The average Bonchev–Trinajstić information content (AvgIpc) is 3.10. The Morgan fingerprint density at radius 1 is 0.667 bits per heavy atom.